The van der Waals surface area contributed by atoms with E-state index in [1.54, 1.807) is 13.8 Å². The number of carboxylic acid groups (broad SMARTS) is 1. The van der Waals surface area contributed by atoms with Crippen molar-refractivity contribution >= 4 is 17.7 Å². The Bertz CT molecular complexity index is 1650. The Kier molecular flexibility index (Phi) is 11.2. The summed E-state index contributed by atoms with van der Waals surface area (Å²) in [7, 11) is 4.16. The molecule has 5 aliphatic rings. The lowest BCUT2D eigenvalue weighted by atomic mass is 9.33. The van der Waals surface area contributed by atoms with Gasteiger partial charge in [-0.05, 0) is 125 Å². The molecule has 3 N–H and O–H groups in total. The molecule has 10 nitrogen and oxygen atoms in total. The minimum atomic E-state index is -1.17. The zero-order valence-corrected chi connectivity index (χ0v) is 35.9. The minimum absolute atomic E-state index is 0.0233. The highest BCUT2D eigenvalue weighted by Crippen LogP contribution is 2.77. The van der Waals surface area contributed by atoms with Crippen molar-refractivity contribution in [1.82, 2.24) is 20.0 Å². The van der Waals surface area contributed by atoms with Crippen molar-refractivity contribution in [3.05, 3.63) is 29.1 Å². The van der Waals surface area contributed by atoms with Crippen LogP contribution in [0.3, 0.4) is 0 Å². The fourth-order valence-electron chi connectivity index (χ4n) is 13.5. The highest BCUT2D eigenvalue weighted by atomic mass is 16.5. The number of carbonyl (C=O) groups excluding carboxylic acids is 2. The van der Waals surface area contributed by atoms with Crippen molar-refractivity contribution < 1.29 is 29.3 Å². The smallest absolute Gasteiger partial charge is 0.309 e. The third kappa shape index (κ3) is 6.96. The largest absolute Gasteiger partial charge is 0.481 e. The molecule has 0 unspecified atom stereocenters. The summed E-state index contributed by atoms with van der Waals surface area (Å²) in [5.74, 6) is 0.0299. The van der Waals surface area contributed by atoms with Crippen LogP contribution in [-0.4, -0.2) is 93.9 Å². The van der Waals surface area contributed by atoms with Crippen LogP contribution in [0.2, 0.25) is 0 Å². The summed E-state index contributed by atoms with van der Waals surface area (Å²) in [6.07, 6.45) is 11.0. The Morgan fingerprint density at radius 3 is 2.31 bits per heavy atom. The van der Waals surface area contributed by atoms with Crippen molar-refractivity contribution in [2.75, 3.05) is 33.7 Å². The van der Waals surface area contributed by atoms with Crippen LogP contribution in [0.15, 0.2) is 23.5 Å². The van der Waals surface area contributed by atoms with Crippen LogP contribution in [0.25, 0.3) is 0 Å². The van der Waals surface area contributed by atoms with Crippen LogP contribution in [0.1, 0.15) is 132 Å². The normalized spacial score (nSPS) is 36.4. The number of aromatic nitrogens is 2. The Morgan fingerprint density at radius 1 is 0.982 bits per heavy atom. The summed E-state index contributed by atoms with van der Waals surface area (Å²) in [6, 6.07) is 0. The van der Waals surface area contributed by atoms with Crippen molar-refractivity contribution in [3.63, 3.8) is 0 Å². The lowest BCUT2D eigenvalue weighted by Gasteiger charge is -2.72. The molecular formula is C45H72N4O6. The number of nitrogens with zero attached hydrogens (tertiary/aromatic N) is 3. The average Bonchev–Trinajstić information content (AvgIpc) is 3.70. The van der Waals surface area contributed by atoms with E-state index in [1.165, 1.54) is 5.57 Å². The predicted octanol–water partition coefficient (Wildman–Crippen LogP) is 7.53. The van der Waals surface area contributed by atoms with E-state index in [-0.39, 0.29) is 51.8 Å². The number of aliphatic carboxylic acids is 1. The first-order chi connectivity index (χ1) is 25.5. The number of likely N-dealkylation sites (N-methyl/N-ethyl adjacent to an activating group) is 1. The molecule has 1 aromatic heterocycles. The van der Waals surface area contributed by atoms with Crippen molar-refractivity contribution in [2.45, 2.75) is 145 Å². The number of fused-ring (bicyclic) bond motifs is 7. The second-order valence-electron chi connectivity index (χ2n) is 21.2. The van der Waals surface area contributed by atoms with E-state index in [4.69, 9.17) is 4.74 Å². The fourth-order valence-corrected chi connectivity index (χ4v) is 13.5. The molecule has 0 aromatic carbocycles. The van der Waals surface area contributed by atoms with Gasteiger partial charge < -0.3 is 19.8 Å². The number of hydrogen-bond donors (Lipinski definition) is 3. The van der Waals surface area contributed by atoms with Gasteiger partial charge in [-0.1, -0.05) is 54.0 Å². The Labute approximate surface area is 330 Å². The van der Waals surface area contributed by atoms with Gasteiger partial charge in [0.15, 0.2) is 5.78 Å². The number of hydrogen-bond acceptors (Lipinski definition) is 8. The summed E-state index contributed by atoms with van der Waals surface area (Å²) in [4.78, 5) is 43.7. The maximum Gasteiger partial charge on any atom is 0.309 e. The first kappa shape index (κ1) is 42.1. The fraction of sp³-hybridized carbons (Fsp3) is 0.822. The number of rotatable bonds is 13. The zero-order chi connectivity index (χ0) is 40.5. The molecule has 1 aromatic rings. The third-order valence-electron chi connectivity index (χ3n) is 16.8. The molecule has 4 saturated carbocycles. The van der Waals surface area contributed by atoms with Crippen LogP contribution in [0, 0.1) is 56.2 Å². The van der Waals surface area contributed by atoms with Crippen LogP contribution >= 0.6 is 0 Å². The van der Waals surface area contributed by atoms with Gasteiger partial charge >= 0.3 is 11.9 Å². The molecule has 0 spiro atoms. The van der Waals surface area contributed by atoms with Crippen molar-refractivity contribution in [2.24, 2.45) is 56.2 Å². The van der Waals surface area contributed by atoms with Gasteiger partial charge in [-0.25, -0.2) is 0 Å². The summed E-state index contributed by atoms with van der Waals surface area (Å²) in [5, 5.41) is 29.3. The number of carboxylic acids is 1. The number of esters is 1. The molecule has 0 radical (unpaired) electrons. The number of H-pyrrole nitrogens is 1. The summed E-state index contributed by atoms with van der Waals surface area (Å²) in [6.45, 7) is 22.6. The van der Waals surface area contributed by atoms with Crippen LogP contribution in [-0.2, 0) is 25.7 Å². The number of aliphatic hydroxyl groups is 1. The number of carbonyl (C=O) groups is 3. The van der Waals surface area contributed by atoms with Gasteiger partial charge in [-0.15, -0.1) is 0 Å². The Balaban J connectivity index is 1.28. The Morgan fingerprint density at radius 2 is 1.69 bits per heavy atom. The lowest BCUT2D eigenvalue weighted by molar-refractivity contribution is -0.235. The van der Waals surface area contributed by atoms with E-state index < -0.39 is 28.9 Å². The molecule has 5 aliphatic carbocycles. The monoisotopic (exact) mass is 765 g/mol. The second-order valence-corrected chi connectivity index (χ2v) is 21.2. The molecule has 0 saturated heterocycles. The topological polar surface area (TPSA) is 136 Å². The quantitative estimate of drug-likeness (QED) is 0.174. The molecule has 0 aliphatic heterocycles. The van der Waals surface area contributed by atoms with Crippen LogP contribution in [0.4, 0.5) is 0 Å². The lowest BCUT2D eigenvalue weighted by Crippen LogP contribution is -2.66. The van der Waals surface area contributed by atoms with Gasteiger partial charge in [0.2, 0.25) is 0 Å². The summed E-state index contributed by atoms with van der Waals surface area (Å²) in [5.41, 5.74) is 1.51. The van der Waals surface area contributed by atoms with Gasteiger partial charge in [-0.3, -0.25) is 24.4 Å². The van der Waals surface area contributed by atoms with E-state index in [2.05, 4.69) is 82.6 Å². The van der Waals surface area contributed by atoms with E-state index in [1.807, 2.05) is 12.4 Å². The summed E-state index contributed by atoms with van der Waals surface area (Å²) < 4.78 is 6.19. The molecule has 55 heavy (non-hydrogen) atoms. The second kappa shape index (κ2) is 14.7. The molecule has 9 atom stereocenters. The van der Waals surface area contributed by atoms with Crippen LogP contribution in [0.5, 0.6) is 0 Å². The standard InChI is InChI=1S/C45H72N4O6/c1-28(2)37-31(50)22-45(34(51)27-49(21-20-48(10)11)26-29-24-46-47-25-29)19-18-43(8)30(38(37)45)12-13-33-42(7)16-15-35(55-36(52)23-40(3,4)39(53)54)41(5,6)32(42)14-17-44(33,43)9/h24-25,28,30,32-35,51H,12-23,26-27H2,1-11H3,(H,46,47)(H,53,54)/t30-,32+,33-,34+,35+,42+,43-,44-,45+/m1/s1. The number of allylic oxidation sites excluding steroid dienone is 1. The first-order valence-corrected chi connectivity index (χ1v) is 21.3. The number of ketones is 1. The number of ether oxygens (including phenoxy) is 1. The van der Waals surface area contributed by atoms with E-state index in [9.17, 15) is 24.6 Å². The molecule has 4 fully saturated rings. The van der Waals surface area contributed by atoms with Crippen molar-refractivity contribution in [1.29, 1.82) is 0 Å². The number of Topliss-reactive ketones (excluding diaryl/α,β-unsaturated/α-hetero) is 1. The molecule has 308 valence electrons. The molecule has 0 bridgehead atoms. The number of aliphatic hydroxyl groups excluding tert-OH is 1. The van der Waals surface area contributed by atoms with Gasteiger partial charge in [0.25, 0.3) is 0 Å². The Hall–Kier alpha value is -2.56. The molecule has 10 heteroatoms. The maximum atomic E-state index is 14.3. The SMILES string of the molecule is CC(C)C1=C2[C@H]3CC[C@@H]4[C@@]5(C)CC[C@H](OC(=O)CC(C)(C)C(=O)O)C(C)(C)[C@@H]5CC[C@@]4(C)[C@]3(C)CC[C@@]2([C@@H](O)CN(CCN(C)C)Cc2cn[nH]c2)CC1=O. The zero-order valence-electron chi connectivity index (χ0n) is 35.9. The van der Waals surface area contributed by atoms with E-state index in [0.29, 0.717) is 31.3 Å². The highest BCUT2D eigenvalue weighted by Gasteiger charge is 2.71. The van der Waals surface area contributed by atoms with E-state index >= 15 is 0 Å². The van der Waals surface area contributed by atoms with Crippen molar-refractivity contribution in [3.8, 4) is 0 Å². The van der Waals surface area contributed by atoms with E-state index in [0.717, 1.165) is 75.6 Å². The molecule has 1 heterocycles. The number of aromatic amines is 1. The molecule has 0 amide bonds. The van der Waals surface area contributed by atoms with Gasteiger partial charge in [-0.2, -0.15) is 5.10 Å². The van der Waals surface area contributed by atoms with Crippen LogP contribution < -0.4 is 0 Å². The summed E-state index contributed by atoms with van der Waals surface area (Å²) >= 11 is 0. The molecular weight excluding hydrogens is 693 g/mol. The number of nitrogens with one attached hydrogen (secondary N) is 1. The third-order valence-corrected chi connectivity index (χ3v) is 16.8. The predicted molar refractivity (Wildman–Crippen MR) is 214 cm³/mol. The van der Waals surface area contributed by atoms with Gasteiger partial charge in [0.1, 0.15) is 6.10 Å². The molecule has 6 rings (SSSR count). The highest BCUT2D eigenvalue weighted by molar-refractivity contribution is 6.00. The van der Waals surface area contributed by atoms with Gasteiger partial charge in [0.05, 0.1) is 24.1 Å². The first-order valence-electron chi connectivity index (χ1n) is 21.3. The van der Waals surface area contributed by atoms with Gasteiger partial charge in [0, 0.05) is 55.2 Å². The maximum absolute atomic E-state index is 14.3. The average molecular weight is 765 g/mol. The minimum Gasteiger partial charge on any atom is -0.481 e.